The lowest BCUT2D eigenvalue weighted by molar-refractivity contribution is 0.0385. The van der Waals surface area contributed by atoms with Gasteiger partial charge in [-0.1, -0.05) is 6.92 Å². The lowest BCUT2D eigenvalue weighted by atomic mass is 10.1. The second-order valence-corrected chi connectivity index (χ2v) is 5.32. The Bertz CT molecular complexity index is 488. The number of morpholine rings is 1. The third kappa shape index (κ3) is 3.04. The molecule has 1 aromatic rings. The Morgan fingerprint density at radius 1 is 1.50 bits per heavy atom. The van der Waals surface area contributed by atoms with Gasteiger partial charge in [-0.25, -0.2) is 0 Å². The van der Waals surface area contributed by atoms with Crippen molar-refractivity contribution in [2.45, 2.75) is 19.4 Å². The van der Waals surface area contributed by atoms with Gasteiger partial charge in [0.15, 0.2) is 0 Å². The number of rotatable bonds is 3. The fourth-order valence-electron chi connectivity index (χ4n) is 2.39. The Morgan fingerprint density at radius 3 is 2.90 bits per heavy atom. The van der Waals surface area contributed by atoms with Crippen LogP contribution in [0.2, 0.25) is 0 Å². The first kappa shape index (κ1) is 14.7. The molecular formula is C15H23N3O2. The lowest BCUT2D eigenvalue weighted by Gasteiger charge is -2.35. The van der Waals surface area contributed by atoms with E-state index in [1.165, 1.54) is 0 Å². The maximum atomic E-state index is 12.1. The average Bonchev–Trinajstić information content (AvgIpc) is 2.47. The van der Waals surface area contributed by atoms with Crippen LogP contribution in [0.3, 0.4) is 0 Å². The van der Waals surface area contributed by atoms with E-state index in [1.807, 2.05) is 12.1 Å². The molecule has 0 aromatic heterocycles. The molecule has 1 fully saturated rings. The molecule has 1 aromatic carbocycles. The molecule has 0 saturated carbocycles. The second kappa shape index (κ2) is 6.13. The van der Waals surface area contributed by atoms with Gasteiger partial charge in [-0.15, -0.1) is 0 Å². The van der Waals surface area contributed by atoms with Crippen LogP contribution in [0.1, 0.15) is 23.7 Å². The molecule has 2 rings (SSSR count). The van der Waals surface area contributed by atoms with Gasteiger partial charge < -0.3 is 20.3 Å². The number of nitrogen functional groups attached to an aromatic ring is 1. The minimum absolute atomic E-state index is 0.00782. The van der Waals surface area contributed by atoms with Gasteiger partial charge in [0.25, 0.3) is 5.91 Å². The molecule has 1 amide bonds. The van der Waals surface area contributed by atoms with E-state index in [0.29, 0.717) is 17.9 Å². The van der Waals surface area contributed by atoms with Crippen molar-refractivity contribution in [3.05, 3.63) is 23.8 Å². The van der Waals surface area contributed by atoms with Crippen molar-refractivity contribution in [1.29, 1.82) is 0 Å². The molecule has 0 spiro atoms. The monoisotopic (exact) mass is 277 g/mol. The minimum atomic E-state index is -0.00782. The first-order chi connectivity index (χ1) is 9.52. The van der Waals surface area contributed by atoms with Crippen molar-refractivity contribution in [2.24, 2.45) is 0 Å². The van der Waals surface area contributed by atoms with Crippen molar-refractivity contribution >= 4 is 17.3 Å². The maximum absolute atomic E-state index is 12.1. The van der Waals surface area contributed by atoms with Gasteiger partial charge in [-0.05, 0) is 24.6 Å². The largest absolute Gasteiger partial charge is 0.397 e. The van der Waals surface area contributed by atoms with E-state index >= 15 is 0 Å². The summed E-state index contributed by atoms with van der Waals surface area (Å²) in [5, 5.41) is 0. The Balaban J connectivity index is 2.26. The molecular weight excluding hydrogens is 254 g/mol. The summed E-state index contributed by atoms with van der Waals surface area (Å²) in [4.78, 5) is 15.8. The van der Waals surface area contributed by atoms with Crippen molar-refractivity contribution in [3.63, 3.8) is 0 Å². The minimum Gasteiger partial charge on any atom is -0.397 e. The molecule has 0 bridgehead atoms. The summed E-state index contributed by atoms with van der Waals surface area (Å²) in [7, 11) is 3.50. The topological polar surface area (TPSA) is 58.8 Å². The Hall–Kier alpha value is -1.75. The van der Waals surface area contributed by atoms with Crippen LogP contribution in [0.15, 0.2) is 18.2 Å². The molecule has 5 nitrogen and oxygen atoms in total. The quantitative estimate of drug-likeness (QED) is 0.852. The van der Waals surface area contributed by atoms with Crippen molar-refractivity contribution < 1.29 is 9.53 Å². The summed E-state index contributed by atoms with van der Waals surface area (Å²) in [6.45, 7) is 4.44. The number of carbonyl (C=O) groups is 1. The predicted molar refractivity (Wildman–Crippen MR) is 81.1 cm³/mol. The summed E-state index contributed by atoms with van der Waals surface area (Å²) in [5.41, 5.74) is 8.38. The van der Waals surface area contributed by atoms with Crippen LogP contribution in [-0.2, 0) is 4.74 Å². The number of carbonyl (C=O) groups excluding carboxylic acids is 1. The van der Waals surface area contributed by atoms with E-state index in [9.17, 15) is 4.79 Å². The first-order valence-electron chi connectivity index (χ1n) is 7.00. The highest BCUT2D eigenvalue weighted by Crippen LogP contribution is 2.27. The number of nitrogens with two attached hydrogens (primary N) is 1. The van der Waals surface area contributed by atoms with E-state index in [-0.39, 0.29) is 12.0 Å². The van der Waals surface area contributed by atoms with Gasteiger partial charge >= 0.3 is 0 Å². The average molecular weight is 277 g/mol. The molecule has 1 aliphatic heterocycles. The van der Waals surface area contributed by atoms with E-state index in [2.05, 4.69) is 11.8 Å². The van der Waals surface area contributed by atoms with Crippen LogP contribution in [0.25, 0.3) is 0 Å². The van der Waals surface area contributed by atoms with Crippen LogP contribution < -0.4 is 10.6 Å². The van der Waals surface area contributed by atoms with Crippen LogP contribution in [-0.4, -0.2) is 50.7 Å². The number of ether oxygens (including phenoxy) is 1. The summed E-state index contributed by atoms with van der Waals surface area (Å²) in [5.74, 6) is -0.00782. The van der Waals surface area contributed by atoms with Gasteiger partial charge in [0, 0.05) is 32.7 Å². The standard InChI is InChI=1S/C15H23N3O2/c1-4-12-10-18(7-8-20-12)14-9-11(5-6-13(14)16)15(19)17(2)3/h5-6,9,12H,4,7-8,10,16H2,1-3H3. The number of anilines is 2. The molecule has 1 saturated heterocycles. The fourth-order valence-corrected chi connectivity index (χ4v) is 2.39. The number of amides is 1. The summed E-state index contributed by atoms with van der Waals surface area (Å²) in [6, 6.07) is 5.47. The summed E-state index contributed by atoms with van der Waals surface area (Å²) in [6.07, 6.45) is 1.21. The molecule has 110 valence electrons. The van der Waals surface area contributed by atoms with Gasteiger partial charge in [0.2, 0.25) is 0 Å². The fraction of sp³-hybridized carbons (Fsp3) is 0.533. The highest BCUT2D eigenvalue weighted by molar-refractivity contribution is 5.96. The smallest absolute Gasteiger partial charge is 0.253 e. The van der Waals surface area contributed by atoms with Gasteiger partial charge in [0.05, 0.1) is 24.1 Å². The first-order valence-corrected chi connectivity index (χ1v) is 7.00. The van der Waals surface area contributed by atoms with Crippen LogP contribution >= 0.6 is 0 Å². The Labute approximate surface area is 120 Å². The molecule has 1 heterocycles. The number of nitrogens with zero attached hydrogens (tertiary/aromatic N) is 2. The van der Waals surface area contributed by atoms with E-state index in [1.54, 1.807) is 25.1 Å². The third-order valence-electron chi connectivity index (χ3n) is 3.62. The SMILES string of the molecule is CCC1CN(c2cc(C(=O)N(C)C)ccc2N)CCO1. The van der Waals surface area contributed by atoms with Crippen molar-refractivity contribution in [1.82, 2.24) is 4.90 Å². The molecule has 1 unspecified atom stereocenters. The third-order valence-corrected chi connectivity index (χ3v) is 3.62. The zero-order valence-corrected chi connectivity index (χ0v) is 12.4. The zero-order chi connectivity index (χ0) is 14.7. The Morgan fingerprint density at radius 2 is 2.25 bits per heavy atom. The van der Waals surface area contributed by atoms with E-state index in [4.69, 9.17) is 10.5 Å². The molecule has 1 aliphatic rings. The zero-order valence-electron chi connectivity index (χ0n) is 12.4. The van der Waals surface area contributed by atoms with Crippen molar-refractivity contribution in [2.75, 3.05) is 44.4 Å². The highest BCUT2D eigenvalue weighted by atomic mass is 16.5. The van der Waals surface area contributed by atoms with Crippen LogP contribution in [0, 0.1) is 0 Å². The van der Waals surface area contributed by atoms with Gasteiger partial charge in [0.1, 0.15) is 0 Å². The molecule has 0 aliphatic carbocycles. The second-order valence-electron chi connectivity index (χ2n) is 5.32. The summed E-state index contributed by atoms with van der Waals surface area (Å²) >= 11 is 0. The highest BCUT2D eigenvalue weighted by Gasteiger charge is 2.21. The molecule has 5 heteroatoms. The molecule has 0 radical (unpaired) electrons. The summed E-state index contributed by atoms with van der Waals surface area (Å²) < 4.78 is 5.68. The van der Waals surface area contributed by atoms with Gasteiger partial charge in [-0.3, -0.25) is 4.79 Å². The van der Waals surface area contributed by atoms with E-state index < -0.39 is 0 Å². The predicted octanol–water partition coefficient (Wildman–Crippen LogP) is 1.59. The van der Waals surface area contributed by atoms with Crippen LogP contribution in [0.4, 0.5) is 11.4 Å². The van der Waals surface area contributed by atoms with Crippen LogP contribution in [0.5, 0.6) is 0 Å². The number of hydrogen-bond donors (Lipinski definition) is 1. The van der Waals surface area contributed by atoms with Crippen molar-refractivity contribution in [3.8, 4) is 0 Å². The number of hydrogen-bond acceptors (Lipinski definition) is 4. The van der Waals surface area contributed by atoms with E-state index in [0.717, 1.165) is 25.2 Å². The van der Waals surface area contributed by atoms with Gasteiger partial charge in [-0.2, -0.15) is 0 Å². The molecule has 2 N–H and O–H groups in total. The molecule has 1 atom stereocenters. The molecule has 20 heavy (non-hydrogen) atoms. The lowest BCUT2D eigenvalue weighted by Crippen LogP contribution is -2.42. The number of benzene rings is 1. The normalized spacial score (nSPS) is 18.9. The maximum Gasteiger partial charge on any atom is 0.253 e. The Kier molecular flexibility index (Phi) is 4.49.